The van der Waals surface area contributed by atoms with E-state index in [1.165, 1.54) is 18.3 Å². The normalized spacial score (nSPS) is 11.6. The summed E-state index contributed by atoms with van der Waals surface area (Å²) in [5.41, 5.74) is 0.856. The summed E-state index contributed by atoms with van der Waals surface area (Å²) < 4.78 is 8.09. The number of amides is 1. The lowest BCUT2D eigenvalue weighted by Crippen LogP contribution is -2.22. The van der Waals surface area contributed by atoms with Crippen LogP contribution in [0.3, 0.4) is 0 Å². The van der Waals surface area contributed by atoms with Crippen LogP contribution in [0.1, 0.15) is 6.92 Å². The molecule has 0 unspecified atom stereocenters. The minimum atomic E-state index is -1.10. The van der Waals surface area contributed by atoms with Gasteiger partial charge in [-0.2, -0.15) is 0 Å². The Morgan fingerprint density at radius 1 is 1.34 bits per heavy atom. The Labute approximate surface area is 182 Å². The second kappa shape index (κ2) is 9.24. The van der Waals surface area contributed by atoms with Gasteiger partial charge in [-0.25, -0.2) is 19.6 Å². The molecule has 0 atom stereocenters. The predicted molar refractivity (Wildman–Crippen MR) is 120 cm³/mol. The predicted octanol–water partition coefficient (Wildman–Crippen LogP) is 4.50. The van der Waals surface area contributed by atoms with Crippen LogP contribution in [0.25, 0.3) is 21.3 Å². The fourth-order valence-electron chi connectivity index (χ4n) is 2.37. The van der Waals surface area contributed by atoms with E-state index in [1.807, 2.05) is 6.07 Å². The molecule has 1 amide bonds. The van der Waals surface area contributed by atoms with Crippen molar-refractivity contribution < 1.29 is 9.53 Å². The summed E-state index contributed by atoms with van der Waals surface area (Å²) in [7, 11) is -1.10. The van der Waals surface area contributed by atoms with Gasteiger partial charge in [0.2, 0.25) is 5.91 Å². The molecule has 3 rings (SSSR count). The number of anilines is 1. The molecule has 0 aliphatic heterocycles. The number of halogens is 1. The van der Waals surface area contributed by atoms with Crippen molar-refractivity contribution in [1.29, 1.82) is 0 Å². The van der Waals surface area contributed by atoms with Crippen molar-refractivity contribution in [2.45, 2.75) is 39.3 Å². The Hall–Kier alpha value is -1.95. The Kier molecular flexibility index (Phi) is 6.93. The van der Waals surface area contributed by atoms with Crippen molar-refractivity contribution in [3.05, 3.63) is 29.3 Å². The van der Waals surface area contributed by atoms with Crippen molar-refractivity contribution in [3.8, 4) is 21.3 Å². The Balaban J connectivity index is 1.71. The van der Waals surface area contributed by atoms with E-state index in [9.17, 15) is 4.79 Å². The first-order valence-electron chi connectivity index (χ1n) is 9.09. The molecular weight excluding hydrogens is 472 g/mol. The third-order valence-electron chi connectivity index (χ3n) is 3.86. The van der Waals surface area contributed by atoms with Gasteiger partial charge in [0.05, 0.1) is 0 Å². The maximum Gasteiger partial charge on any atom is 0.222 e. The van der Waals surface area contributed by atoms with Gasteiger partial charge in [-0.1, -0.05) is 19.6 Å². The topological polar surface area (TPSA) is 94.8 Å². The standard InChI is InChI=1S/C18H23BrN6O2SSi/c1-12(26)22-14-9-13(5-6-20-14)18-23-16(19)15(28-18)17-21-10-25(24-17)11-27-7-8-29(2,3)4/h5-6,9-10H,7-8,11H2,1-4H3,(H,20,22,26). The second-order valence-corrected chi connectivity index (χ2v) is 15.1. The Morgan fingerprint density at radius 2 is 2.14 bits per heavy atom. The fraction of sp³-hybridized carbons (Fsp3) is 0.389. The number of rotatable bonds is 8. The Bertz CT molecular complexity index is 1000. The lowest BCUT2D eigenvalue weighted by atomic mass is 10.3. The molecule has 0 saturated carbocycles. The molecule has 0 aromatic carbocycles. The van der Waals surface area contributed by atoms with Gasteiger partial charge in [0, 0.05) is 33.4 Å². The molecule has 3 heterocycles. The summed E-state index contributed by atoms with van der Waals surface area (Å²) in [5.74, 6) is 0.906. The molecule has 0 radical (unpaired) electrons. The molecule has 29 heavy (non-hydrogen) atoms. The summed E-state index contributed by atoms with van der Waals surface area (Å²) in [6.07, 6.45) is 3.30. The number of pyridine rings is 1. The first-order chi connectivity index (χ1) is 13.7. The summed E-state index contributed by atoms with van der Waals surface area (Å²) in [5, 5.41) is 7.96. The number of ether oxygens (including phenoxy) is 1. The number of carbonyl (C=O) groups is 1. The Morgan fingerprint density at radius 3 is 2.86 bits per heavy atom. The van der Waals surface area contributed by atoms with Crippen molar-refractivity contribution in [2.24, 2.45) is 0 Å². The van der Waals surface area contributed by atoms with Crippen molar-refractivity contribution in [1.82, 2.24) is 24.7 Å². The van der Waals surface area contributed by atoms with E-state index < -0.39 is 8.07 Å². The van der Waals surface area contributed by atoms with Gasteiger partial charge >= 0.3 is 0 Å². The van der Waals surface area contributed by atoms with Crippen LogP contribution < -0.4 is 5.32 Å². The summed E-state index contributed by atoms with van der Waals surface area (Å²) in [6.45, 7) is 9.53. The smallest absolute Gasteiger partial charge is 0.222 e. The van der Waals surface area contributed by atoms with Crippen LogP contribution in [0.5, 0.6) is 0 Å². The van der Waals surface area contributed by atoms with Crippen LogP contribution >= 0.6 is 27.3 Å². The lowest BCUT2D eigenvalue weighted by molar-refractivity contribution is -0.114. The van der Waals surface area contributed by atoms with Crippen LogP contribution in [0.4, 0.5) is 5.82 Å². The zero-order valence-electron chi connectivity index (χ0n) is 16.8. The highest BCUT2D eigenvalue weighted by molar-refractivity contribution is 9.10. The summed E-state index contributed by atoms with van der Waals surface area (Å²) >= 11 is 4.97. The largest absolute Gasteiger partial charge is 0.359 e. The number of carbonyl (C=O) groups excluding carboxylic acids is 1. The first kappa shape index (κ1) is 21.7. The minimum Gasteiger partial charge on any atom is -0.359 e. The van der Waals surface area contributed by atoms with Gasteiger partial charge in [-0.05, 0) is 34.1 Å². The van der Waals surface area contributed by atoms with Crippen molar-refractivity contribution in [2.75, 3.05) is 11.9 Å². The van der Waals surface area contributed by atoms with E-state index in [4.69, 9.17) is 4.74 Å². The van der Waals surface area contributed by atoms with Gasteiger partial charge in [0.25, 0.3) is 0 Å². The van der Waals surface area contributed by atoms with E-state index >= 15 is 0 Å². The van der Waals surface area contributed by atoms with Crippen LogP contribution in [-0.2, 0) is 16.3 Å². The molecule has 0 aliphatic carbocycles. The molecule has 0 bridgehead atoms. The van der Waals surface area contributed by atoms with Crippen LogP contribution in [0, 0.1) is 0 Å². The van der Waals surface area contributed by atoms with Crippen LogP contribution in [0.2, 0.25) is 25.7 Å². The molecule has 8 nitrogen and oxygen atoms in total. The summed E-state index contributed by atoms with van der Waals surface area (Å²) in [4.78, 5) is 25.2. The van der Waals surface area contributed by atoms with E-state index in [1.54, 1.807) is 23.3 Å². The third-order valence-corrected chi connectivity index (χ3v) is 7.50. The highest BCUT2D eigenvalue weighted by atomic mass is 79.9. The van der Waals surface area contributed by atoms with E-state index in [2.05, 4.69) is 60.9 Å². The fourth-order valence-corrected chi connectivity index (χ4v) is 4.73. The number of aromatic nitrogens is 5. The average molecular weight is 495 g/mol. The van der Waals surface area contributed by atoms with Gasteiger partial charge in [0.15, 0.2) is 5.82 Å². The zero-order chi connectivity index (χ0) is 21.0. The molecule has 1 N–H and O–H groups in total. The highest BCUT2D eigenvalue weighted by Gasteiger charge is 2.17. The molecule has 154 valence electrons. The second-order valence-electron chi connectivity index (χ2n) is 7.71. The maximum absolute atomic E-state index is 11.3. The van der Waals surface area contributed by atoms with E-state index in [0.717, 1.165) is 28.1 Å². The molecule has 0 fully saturated rings. The number of hydrogen-bond acceptors (Lipinski definition) is 7. The quantitative estimate of drug-likeness (QED) is 0.365. The zero-order valence-corrected chi connectivity index (χ0v) is 20.2. The van der Waals surface area contributed by atoms with Gasteiger partial charge in [-0.3, -0.25) is 4.79 Å². The summed E-state index contributed by atoms with van der Waals surface area (Å²) in [6, 6.07) is 4.75. The molecule has 0 aliphatic rings. The van der Waals surface area contributed by atoms with Gasteiger partial charge in [-0.15, -0.1) is 16.4 Å². The maximum atomic E-state index is 11.3. The molecule has 0 saturated heterocycles. The average Bonchev–Trinajstić information content (AvgIpc) is 3.24. The number of nitrogens with zero attached hydrogens (tertiary/aromatic N) is 5. The minimum absolute atomic E-state index is 0.169. The molecule has 11 heteroatoms. The SMILES string of the molecule is CC(=O)Nc1cc(-c2nc(Br)c(-c3ncn(COCC[Si](C)(C)C)n3)s2)ccn1. The van der Waals surface area contributed by atoms with Crippen LogP contribution in [0.15, 0.2) is 29.3 Å². The van der Waals surface area contributed by atoms with Gasteiger partial charge in [0.1, 0.15) is 33.4 Å². The molecule has 3 aromatic rings. The van der Waals surface area contributed by atoms with E-state index in [-0.39, 0.29) is 5.91 Å². The first-order valence-corrected chi connectivity index (χ1v) is 14.4. The molecule has 3 aromatic heterocycles. The molecule has 0 spiro atoms. The van der Waals surface area contributed by atoms with Crippen molar-refractivity contribution in [3.63, 3.8) is 0 Å². The number of thiazole rings is 1. The van der Waals surface area contributed by atoms with Gasteiger partial charge < -0.3 is 10.1 Å². The van der Waals surface area contributed by atoms with E-state index in [0.29, 0.717) is 23.0 Å². The third kappa shape index (κ3) is 6.26. The molecular formula is C18H23BrN6O2SSi. The van der Waals surface area contributed by atoms with Crippen LogP contribution in [-0.4, -0.2) is 45.3 Å². The van der Waals surface area contributed by atoms with Crippen molar-refractivity contribution >= 4 is 47.1 Å². The number of hydrogen-bond donors (Lipinski definition) is 1. The monoisotopic (exact) mass is 494 g/mol. The number of nitrogens with one attached hydrogen (secondary N) is 1. The highest BCUT2D eigenvalue weighted by Crippen LogP contribution is 2.37. The lowest BCUT2D eigenvalue weighted by Gasteiger charge is -2.15.